The topological polar surface area (TPSA) is 94.1 Å². The normalized spacial score (nSPS) is 21.5. The number of hydrogen-bond acceptors (Lipinski definition) is 7. The van der Waals surface area contributed by atoms with E-state index in [2.05, 4.69) is 25.3 Å². The number of anilines is 2. The number of aromatic nitrogens is 4. The molecule has 1 saturated carbocycles. The van der Waals surface area contributed by atoms with Gasteiger partial charge in [-0.15, -0.1) is 0 Å². The summed E-state index contributed by atoms with van der Waals surface area (Å²) in [6.45, 7) is 4.50. The van der Waals surface area contributed by atoms with E-state index in [-0.39, 0.29) is 5.54 Å². The van der Waals surface area contributed by atoms with Gasteiger partial charge >= 0.3 is 0 Å². The van der Waals surface area contributed by atoms with Gasteiger partial charge in [-0.05, 0) is 12.8 Å². The second-order valence-corrected chi connectivity index (χ2v) is 7.18. The Morgan fingerprint density at radius 2 is 1.96 bits per heavy atom. The molecule has 2 aliphatic rings. The molecule has 1 aliphatic heterocycles. The van der Waals surface area contributed by atoms with Crippen molar-refractivity contribution < 1.29 is 4.74 Å². The van der Waals surface area contributed by atoms with Crippen molar-refractivity contribution in [2.45, 2.75) is 37.6 Å². The van der Waals surface area contributed by atoms with Crippen LogP contribution in [0.3, 0.4) is 0 Å². The van der Waals surface area contributed by atoms with Gasteiger partial charge < -0.3 is 15.8 Å². The Labute approximate surface area is 147 Å². The minimum atomic E-state index is 0.168. The van der Waals surface area contributed by atoms with Crippen LogP contribution in [-0.4, -0.2) is 63.0 Å². The highest BCUT2D eigenvalue weighted by atomic mass is 16.5. The zero-order valence-electron chi connectivity index (χ0n) is 14.9. The first-order valence-electron chi connectivity index (χ1n) is 9.20. The van der Waals surface area contributed by atoms with Crippen molar-refractivity contribution in [2.75, 3.05) is 43.9 Å². The number of nitrogen functional groups attached to an aromatic ring is 1. The van der Waals surface area contributed by atoms with Crippen LogP contribution in [0.1, 0.15) is 32.1 Å². The summed E-state index contributed by atoms with van der Waals surface area (Å²) >= 11 is 0. The van der Waals surface area contributed by atoms with E-state index in [9.17, 15) is 0 Å². The Bertz CT molecular complexity index is 732. The van der Waals surface area contributed by atoms with E-state index < -0.39 is 0 Å². The molecule has 4 rings (SSSR count). The minimum Gasteiger partial charge on any atom is -0.383 e. The monoisotopic (exact) mass is 345 g/mol. The molecule has 0 unspecified atom stereocenters. The van der Waals surface area contributed by atoms with Crippen molar-refractivity contribution >= 4 is 22.8 Å². The lowest BCUT2D eigenvalue weighted by molar-refractivity contribution is -0.0319. The Balaban J connectivity index is 1.55. The van der Waals surface area contributed by atoms with Gasteiger partial charge in [0, 0.05) is 32.2 Å². The lowest BCUT2D eigenvalue weighted by atomic mass is 9.80. The summed E-state index contributed by atoms with van der Waals surface area (Å²) in [7, 11) is 1.87. The predicted octanol–water partition coefficient (Wildman–Crippen LogP) is 1.39. The number of ether oxygens (including phenoxy) is 1. The van der Waals surface area contributed by atoms with E-state index in [1.165, 1.54) is 32.1 Å². The SMILES string of the molecule is Cn1ncc2c(N)nc(NCC3(N4CCOCC4)CCCCC3)nc21. The average molecular weight is 345 g/mol. The summed E-state index contributed by atoms with van der Waals surface area (Å²) in [4.78, 5) is 11.7. The van der Waals surface area contributed by atoms with Gasteiger partial charge in [-0.2, -0.15) is 15.1 Å². The van der Waals surface area contributed by atoms with E-state index >= 15 is 0 Å². The third-order valence-corrected chi connectivity index (χ3v) is 5.66. The Hall–Kier alpha value is -1.93. The number of hydrogen-bond donors (Lipinski definition) is 2. The Morgan fingerprint density at radius 1 is 1.20 bits per heavy atom. The molecule has 1 aliphatic carbocycles. The van der Waals surface area contributed by atoms with Gasteiger partial charge in [-0.25, -0.2) is 0 Å². The van der Waals surface area contributed by atoms with Crippen LogP contribution in [0.2, 0.25) is 0 Å². The molecule has 0 spiro atoms. The summed E-state index contributed by atoms with van der Waals surface area (Å²) in [6.07, 6.45) is 8.03. The molecule has 8 nitrogen and oxygen atoms in total. The maximum absolute atomic E-state index is 6.08. The molecule has 3 N–H and O–H groups in total. The molecule has 0 radical (unpaired) electrons. The van der Waals surface area contributed by atoms with Crippen molar-refractivity contribution in [1.82, 2.24) is 24.6 Å². The van der Waals surface area contributed by atoms with Gasteiger partial charge in [0.05, 0.1) is 24.8 Å². The van der Waals surface area contributed by atoms with Crippen LogP contribution >= 0.6 is 0 Å². The van der Waals surface area contributed by atoms with Crippen molar-refractivity contribution in [1.29, 1.82) is 0 Å². The lowest BCUT2D eigenvalue weighted by Gasteiger charge is -2.48. The van der Waals surface area contributed by atoms with Crippen LogP contribution in [0, 0.1) is 0 Å². The molecule has 0 amide bonds. The summed E-state index contributed by atoms with van der Waals surface area (Å²) in [6, 6.07) is 0. The van der Waals surface area contributed by atoms with Crippen molar-refractivity contribution in [3.05, 3.63) is 6.20 Å². The molecule has 25 heavy (non-hydrogen) atoms. The van der Waals surface area contributed by atoms with Crippen LogP contribution in [0.15, 0.2) is 6.20 Å². The number of nitrogens with one attached hydrogen (secondary N) is 1. The van der Waals surface area contributed by atoms with Gasteiger partial charge in [-0.3, -0.25) is 9.58 Å². The molecule has 1 saturated heterocycles. The van der Waals surface area contributed by atoms with Gasteiger partial charge in [0.15, 0.2) is 5.65 Å². The number of nitrogens with two attached hydrogens (primary N) is 1. The van der Waals surface area contributed by atoms with Gasteiger partial charge in [0.25, 0.3) is 0 Å². The van der Waals surface area contributed by atoms with E-state index in [0.717, 1.165) is 43.9 Å². The third-order valence-electron chi connectivity index (χ3n) is 5.66. The fourth-order valence-electron chi connectivity index (χ4n) is 4.22. The first-order valence-corrected chi connectivity index (χ1v) is 9.20. The molecule has 3 heterocycles. The predicted molar refractivity (Wildman–Crippen MR) is 97.4 cm³/mol. The maximum Gasteiger partial charge on any atom is 0.226 e. The van der Waals surface area contributed by atoms with Gasteiger partial charge in [0.1, 0.15) is 5.82 Å². The van der Waals surface area contributed by atoms with E-state index in [4.69, 9.17) is 10.5 Å². The van der Waals surface area contributed by atoms with Gasteiger partial charge in [0.2, 0.25) is 5.95 Å². The summed E-state index contributed by atoms with van der Waals surface area (Å²) in [5, 5.41) is 8.50. The van der Waals surface area contributed by atoms with E-state index in [1.807, 2.05) is 7.05 Å². The minimum absolute atomic E-state index is 0.168. The van der Waals surface area contributed by atoms with Crippen LogP contribution < -0.4 is 11.1 Å². The summed E-state index contributed by atoms with van der Waals surface area (Å²) in [5.74, 6) is 1.07. The second-order valence-electron chi connectivity index (χ2n) is 7.18. The van der Waals surface area contributed by atoms with Crippen LogP contribution in [0.4, 0.5) is 11.8 Å². The lowest BCUT2D eigenvalue weighted by Crippen LogP contribution is -2.58. The quantitative estimate of drug-likeness (QED) is 0.865. The van der Waals surface area contributed by atoms with Crippen molar-refractivity contribution in [2.24, 2.45) is 7.05 Å². The molecule has 2 aromatic heterocycles. The first kappa shape index (κ1) is 16.5. The fourth-order valence-corrected chi connectivity index (χ4v) is 4.22. The summed E-state index contributed by atoms with van der Waals surface area (Å²) in [5.41, 5.74) is 7.01. The van der Waals surface area contributed by atoms with Crippen LogP contribution in [-0.2, 0) is 11.8 Å². The van der Waals surface area contributed by atoms with E-state index in [1.54, 1.807) is 10.9 Å². The Kier molecular flexibility index (Phi) is 4.47. The number of aryl methyl sites for hydroxylation is 1. The highest BCUT2D eigenvalue weighted by molar-refractivity contribution is 5.86. The zero-order valence-corrected chi connectivity index (χ0v) is 14.9. The van der Waals surface area contributed by atoms with Crippen LogP contribution in [0.25, 0.3) is 11.0 Å². The number of morpholine rings is 1. The van der Waals surface area contributed by atoms with Crippen LogP contribution in [0.5, 0.6) is 0 Å². The molecule has 0 aromatic carbocycles. The molecule has 136 valence electrons. The molecular weight excluding hydrogens is 318 g/mol. The molecule has 0 atom stereocenters. The highest BCUT2D eigenvalue weighted by Gasteiger charge is 2.38. The largest absolute Gasteiger partial charge is 0.383 e. The smallest absolute Gasteiger partial charge is 0.226 e. The molecular formula is C17H27N7O. The molecule has 8 heteroatoms. The zero-order chi connectivity index (χ0) is 17.3. The molecule has 2 fully saturated rings. The number of nitrogens with zero attached hydrogens (tertiary/aromatic N) is 5. The standard InChI is InChI=1S/C17H27N7O/c1-23-15-13(11-20-23)14(18)21-16(22-15)19-12-17(5-3-2-4-6-17)24-7-9-25-10-8-24/h11H,2-10,12H2,1H3,(H3,18,19,21,22). The number of rotatable bonds is 4. The molecule has 2 aromatic rings. The van der Waals surface area contributed by atoms with E-state index in [0.29, 0.717) is 11.8 Å². The van der Waals surface area contributed by atoms with Crippen molar-refractivity contribution in [3.8, 4) is 0 Å². The Morgan fingerprint density at radius 3 is 2.72 bits per heavy atom. The second kappa shape index (κ2) is 6.76. The summed E-state index contributed by atoms with van der Waals surface area (Å²) < 4.78 is 7.29. The van der Waals surface area contributed by atoms with Crippen molar-refractivity contribution in [3.63, 3.8) is 0 Å². The fraction of sp³-hybridized carbons (Fsp3) is 0.706. The maximum atomic E-state index is 6.08. The highest BCUT2D eigenvalue weighted by Crippen LogP contribution is 2.34. The molecule has 0 bridgehead atoms. The number of fused-ring (bicyclic) bond motifs is 1. The van der Waals surface area contributed by atoms with Gasteiger partial charge in [-0.1, -0.05) is 19.3 Å². The average Bonchev–Trinajstić information content (AvgIpc) is 3.03. The third kappa shape index (κ3) is 3.16. The first-order chi connectivity index (χ1) is 12.2.